The Kier molecular flexibility index (Phi) is 4.20. The van der Waals surface area contributed by atoms with Crippen LogP contribution in [0.2, 0.25) is 0 Å². The third kappa shape index (κ3) is 3.01. The van der Waals surface area contributed by atoms with Gasteiger partial charge in [0, 0.05) is 10.5 Å². The van der Waals surface area contributed by atoms with E-state index in [2.05, 4.69) is 90.4 Å². The molecule has 2 heteroatoms. The van der Waals surface area contributed by atoms with Crippen LogP contribution in [0.3, 0.4) is 0 Å². The summed E-state index contributed by atoms with van der Waals surface area (Å²) in [6, 6.07) is 17.7. The number of hydrogen-bond donors (Lipinski definition) is 0. The first kappa shape index (κ1) is 13.3. The van der Waals surface area contributed by atoms with Gasteiger partial charge in [0.05, 0.1) is 0 Å². The van der Waals surface area contributed by atoms with Crippen molar-refractivity contribution in [3.8, 4) is 11.1 Å². The van der Waals surface area contributed by atoms with Crippen LogP contribution in [-0.4, -0.2) is 19.0 Å². The van der Waals surface area contributed by atoms with Gasteiger partial charge < -0.3 is 4.90 Å². The molecule has 0 heterocycles. The number of nitrogens with zero attached hydrogens (tertiary/aromatic N) is 1. The predicted octanol–water partition coefficient (Wildman–Crippen LogP) is 4.74. The average Bonchev–Trinajstić information content (AvgIpc) is 2.39. The molecular formula is C16H18BrN. The molecule has 0 radical (unpaired) electrons. The molecule has 0 aliphatic rings. The van der Waals surface area contributed by atoms with Crippen LogP contribution in [0.5, 0.6) is 0 Å². The summed E-state index contributed by atoms with van der Waals surface area (Å²) in [6.45, 7) is 2.22. The lowest BCUT2D eigenvalue weighted by Gasteiger charge is -2.20. The van der Waals surface area contributed by atoms with E-state index in [0.29, 0.717) is 6.04 Å². The molecule has 0 spiro atoms. The van der Waals surface area contributed by atoms with E-state index in [1.165, 1.54) is 16.7 Å². The fraction of sp³-hybridized carbons (Fsp3) is 0.250. The molecule has 0 saturated heterocycles. The number of halogens is 1. The molecule has 0 bridgehead atoms. The number of benzene rings is 2. The largest absolute Gasteiger partial charge is 0.303 e. The van der Waals surface area contributed by atoms with Gasteiger partial charge in [-0.15, -0.1) is 0 Å². The summed E-state index contributed by atoms with van der Waals surface area (Å²) < 4.78 is 1.11. The predicted molar refractivity (Wildman–Crippen MR) is 81.7 cm³/mol. The molecule has 0 fully saturated rings. The summed E-state index contributed by atoms with van der Waals surface area (Å²) in [5.74, 6) is 0. The summed E-state index contributed by atoms with van der Waals surface area (Å²) in [6.07, 6.45) is 0. The van der Waals surface area contributed by atoms with Crippen LogP contribution in [0.25, 0.3) is 11.1 Å². The highest BCUT2D eigenvalue weighted by molar-refractivity contribution is 9.10. The van der Waals surface area contributed by atoms with Gasteiger partial charge in [0.15, 0.2) is 0 Å². The first-order valence-corrected chi connectivity index (χ1v) is 6.89. The van der Waals surface area contributed by atoms with Gasteiger partial charge in [-0.05, 0) is 49.8 Å². The van der Waals surface area contributed by atoms with Crippen molar-refractivity contribution in [2.75, 3.05) is 14.1 Å². The quantitative estimate of drug-likeness (QED) is 0.791. The highest BCUT2D eigenvalue weighted by Gasteiger charge is 2.07. The third-order valence-corrected chi connectivity index (χ3v) is 3.87. The van der Waals surface area contributed by atoms with Crippen LogP contribution < -0.4 is 0 Å². The first-order valence-electron chi connectivity index (χ1n) is 6.10. The van der Waals surface area contributed by atoms with Crippen molar-refractivity contribution >= 4 is 15.9 Å². The maximum absolute atomic E-state index is 3.46. The Hall–Kier alpha value is -1.12. The standard InChI is InChI=1S/C16H18BrN/c1-12(18(2)3)13-4-6-14(7-5-13)15-8-10-16(17)11-9-15/h4-12H,1-3H3/t12-/m0/s1. The molecule has 0 unspecified atom stereocenters. The third-order valence-electron chi connectivity index (χ3n) is 3.35. The van der Waals surface area contributed by atoms with Crippen LogP contribution in [0, 0.1) is 0 Å². The molecule has 0 amide bonds. The van der Waals surface area contributed by atoms with E-state index in [-0.39, 0.29) is 0 Å². The van der Waals surface area contributed by atoms with Gasteiger partial charge in [0.1, 0.15) is 0 Å². The molecule has 0 aliphatic heterocycles. The van der Waals surface area contributed by atoms with Gasteiger partial charge in [-0.25, -0.2) is 0 Å². The van der Waals surface area contributed by atoms with Gasteiger partial charge in [0.2, 0.25) is 0 Å². The normalized spacial score (nSPS) is 12.7. The van der Waals surface area contributed by atoms with E-state index >= 15 is 0 Å². The summed E-state index contributed by atoms with van der Waals surface area (Å²) in [5.41, 5.74) is 3.86. The van der Waals surface area contributed by atoms with Crippen molar-refractivity contribution in [1.29, 1.82) is 0 Å². The monoisotopic (exact) mass is 303 g/mol. The van der Waals surface area contributed by atoms with Crippen LogP contribution in [-0.2, 0) is 0 Å². The Morgan fingerprint density at radius 1 is 0.833 bits per heavy atom. The zero-order valence-corrected chi connectivity index (χ0v) is 12.6. The van der Waals surface area contributed by atoms with Gasteiger partial charge in [-0.1, -0.05) is 52.3 Å². The maximum Gasteiger partial charge on any atom is 0.0313 e. The highest BCUT2D eigenvalue weighted by atomic mass is 79.9. The van der Waals surface area contributed by atoms with E-state index in [4.69, 9.17) is 0 Å². The number of rotatable bonds is 3. The van der Waals surface area contributed by atoms with Gasteiger partial charge >= 0.3 is 0 Å². The molecular weight excluding hydrogens is 286 g/mol. The average molecular weight is 304 g/mol. The maximum atomic E-state index is 3.46. The lowest BCUT2D eigenvalue weighted by molar-refractivity contribution is 0.321. The van der Waals surface area contributed by atoms with Crippen molar-refractivity contribution in [2.45, 2.75) is 13.0 Å². The molecule has 2 aromatic rings. The second kappa shape index (κ2) is 5.68. The molecule has 94 valence electrons. The molecule has 2 rings (SSSR count). The van der Waals surface area contributed by atoms with Crippen LogP contribution in [0.1, 0.15) is 18.5 Å². The lowest BCUT2D eigenvalue weighted by Crippen LogP contribution is -2.16. The van der Waals surface area contributed by atoms with Gasteiger partial charge in [-0.2, -0.15) is 0 Å². The van der Waals surface area contributed by atoms with Crippen LogP contribution in [0.15, 0.2) is 53.0 Å². The summed E-state index contributed by atoms with van der Waals surface area (Å²) in [4.78, 5) is 2.22. The Balaban J connectivity index is 2.24. The van der Waals surface area contributed by atoms with Gasteiger partial charge in [-0.3, -0.25) is 0 Å². The van der Waals surface area contributed by atoms with Crippen molar-refractivity contribution < 1.29 is 0 Å². The summed E-state index contributed by atoms with van der Waals surface area (Å²) >= 11 is 3.46. The Morgan fingerprint density at radius 2 is 1.28 bits per heavy atom. The van der Waals surface area contributed by atoms with Crippen molar-refractivity contribution in [1.82, 2.24) is 4.90 Å². The Morgan fingerprint density at radius 3 is 1.72 bits per heavy atom. The molecule has 0 saturated carbocycles. The van der Waals surface area contributed by atoms with Crippen molar-refractivity contribution in [3.63, 3.8) is 0 Å². The summed E-state index contributed by atoms with van der Waals surface area (Å²) in [5, 5.41) is 0. The summed E-state index contributed by atoms with van der Waals surface area (Å²) in [7, 11) is 4.21. The van der Waals surface area contributed by atoms with Crippen molar-refractivity contribution in [3.05, 3.63) is 58.6 Å². The lowest BCUT2D eigenvalue weighted by atomic mass is 10.0. The molecule has 0 N–H and O–H groups in total. The van der Waals surface area contributed by atoms with Crippen LogP contribution >= 0.6 is 15.9 Å². The molecule has 0 aromatic heterocycles. The molecule has 1 atom stereocenters. The van der Waals surface area contributed by atoms with E-state index < -0.39 is 0 Å². The fourth-order valence-electron chi connectivity index (χ4n) is 1.89. The van der Waals surface area contributed by atoms with E-state index in [0.717, 1.165) is 4.47 Å². The van der Waals surface area contributed by atoms with E-state index in [1.54, 1.807) is 0 Å². The molecule has 1 nitrogen and oxygen atoms in total. The topological polar surface area (TPSA) is 3.24 Å². The Bertz CT molecular complexity index is 500. The first-order chi connectivity index (χ1) is 8.58. The van der Waals surface area contributed by atoms with E-state index in [1.807, 2.05) is 0 Å². The second-order valence-corrected chi connectivity index (χ2v) is 5.68. The molecule has 18 heavy (non-hydrogen) atoms. The fourth-order valence-corrected chi connectivity index (χ4v) is 2.16. The van der Waals surface area contributed by atoms with Crippen LogP contribution in [0.4, 0.5) is 0 Å². The zero-order valence-electron chi connectivity index (χ0n) is 11.0. The molecule has 2 aromatic carbocycles. The van der Waals surface area contributed by atoms with E-state index in [9.17, 15) is 0 Å². The second-order valence-electron chi connectivity index (χ2n) is 4.77. The zero-order chi connectivity index (χ0) is 13.1. The molecule has 0 aliphatic carbocycles. The minimum absolute atomic E-state index is 0.448. The minimum atomic E-state index is 0.448. The van der Waals surface area contributed by atoms with Crippen molar-refractivity contribution in [2.24, 2.45) is 0 Å². The highest BCUT2D eigenvalue weighted by Crippen LogP contribution is 2.24. The SMILES string of the molecule is C[C@@H](c1ccc(-c2ccc(Br)cc2)cc1)N(C)C. The van der Waals surface area contributed by atoms with Gasteiger partial charge in [0.25, 0.3) is 0 Å². The minimum Gasteiger partial charge on any atom is -0.303 e. The smallest absolute Gasteiger partial charge is 0.0313 e. The number of hydrogen-bond acceptors (Lipinski definition) is 1. The Labute approximate surface area is 118 Å².